The molecule has 4 heteroatoms. The Labute approximate surface area is 101 Å². The van der Waals surface area contributed by atoms with Crippen molar-refractivity contribution in [2.24, 2.45) is 0 Å². The number of hydrogen-bond acceptors (Lipinski definition) is 2. The maximum absolute atomic E-state index is 12.1. The summed E-state index contributed by atoms with van der Waals surface area (Å²) in [6.07, 6.45) is 2.46. The Morgan fingerprint density at radius 2 is 2.25 bits per heavy atom. The van der Waals surface area contributed by atoms with Gasteiger partial charge in [0.25, 0.3) is 5.91 Å². The van der Waals surface area contributed by atoms with Crippen molar-refractivity contribution in [1.82, 2.24) is 9.88 Å². The molecule has 1 atom stereocenters. The zero-order valence-corrected chi connectivity index (χ0v) is 10.9. The Hall–Kier alpha value is -1.09. The summed E-state index contributed by atoms with van der Waals surface area (Å²) in [7, 11) is 1.78. The van der Waals surface area contributed by atoms with Gasteiger partial charge in [0.2, 0.25) is 0 Å². The topological polar surface area (TPSA) is 33.2 Å². The number of nitrogens with zero attached hydrogens (tertiary/aromatic N) is 2. The lowest BCUT2D eigenvalue weighted by Crippen LogP contribution is -2.34. The minimum atomic E-state index is -0.0770. The maximum atomic E-state index is 12.1. The first-order valence-electron chi connectivity index (χ1n) is 5.36. The van der Waals surface area contributed by atoms with Gasteiger partial charge >= 0.3 is 0 Å². The van der Waals surface area contributed by atoms with Crippen molar-refractivity contribution in [1.29, 1.82) is 0 Å². The fourth-order valence-corrected chi connectivity index (χ4v) is 1.64. The van der Waals surface area contributed by atoms with Gasteiger partial charge < -0.3 is 4.90 Å². The fourth-order valence-electron chi connectivity index (χ4n) is 1.35. The van der Waals surface area contributed by atoms with Crippen LogP contribution >= 0.6 is 11.6 Å². The first-order chi connectivity index (χ1) is 7.47. The highest BCUT2D eigenvalue weighted by Crippen LogP contribution is 2.18. The molecule has 3 nitrogen and oxygen atoms in total. The lowest BCUT2D eigenvalue weighted by atomic mass is 10.2. The van der Waals surface area contributed by atoms with Crippen LogP contribution in [-0.4, -0.2) is 28.9 Å². The molecule has 1 heterocycles. The quantitative estimate of drug-likeness (QED) is 0.814. The summed E-state index contributed by atoms with van der Waals surface area (Å²) in [5, 5.41) is 0.465. The number of amides is 1. The monoisotopic (exact) mass is 240 g/mol. The van der Waals surface area contributed by atoms with E-state index in [0.29, 0.717) is 10.6 Å². The molecule has 1 unspecified atom stereocenters. The Balaban J connectivity index is 2.96. The number of rotatable bonds is 3. The van der Waals surface area contributed by atoms with Crippen molar-refractivity contribution < 1.29 is 4.79 Å². The lowest BCUT2D eigenvalue weighted by Gasteiger charge is -2.24. The first-order valence-corrected chi connectivity index (χ1v) is 5.74. The number of hydrogen-bond donors (Lipinski definition) is 0. The van der Waals surface area contributed by atoms with Crippen molar-refractivity contribution in [3.8, 4) is 0 Å². The van der Waals surface area contributed by atoms with Gasteiger partial charge in [0.1, 0.15) is 0 Å². The molecule has 88 valence electrons. The van der Waals surface area contributed by atoms with E-state index in [-0.39, 0.29) is 11.9 Å². The molecule has 1 rings (SSSR count). The second-order valence-electron chi connectivity index (χ2n) is 3.98. The van der Waals surface area contributed by atoms with Gasteiger partial charge in [-0.3, -0.25) is 9.78 Å². The molecular weight excluding hydrogens is 224 g/mol. The van der Waals surface area contributed by atoms with Crippen LogP contribution < -0.4 is 0 Å². The summed E-state index contributed by atoms with van der Waals surface area (Å²) in [4.78, 5) is 17.9. The highest BCUT2D eigenvalue weighted by Gasteiger charge is 2.18. The lowest BCUT2D eigenvalue weighted by molar-refractivity contribution is 0.0740. The minimum absolute atomic E-state index is 0.0770. The Kier molecular flexibility index (Phi) is 4.30. The molecule has 1 amide bonds. The van der Waals surface area contributed by atoms with Crippen LogP contribution in [0.3, 0.4) is 0 Å². The minimum Gasteiger partial charge on any atom is -0.339 e. The SMILES string of the molecule is CCC(C)N(C)C(=O)c1cnc(C)cc1Cl. The van der Waals surface area contributed by atoms with E-state index in [0.717, 1.165) is 12.1 Å². The average Bonchev–Trinajstić information content (AvgIpc) is 2.26. The molecule has 0 aliphatic carbocycles. The van der Waals surface area contributed by atoms with Crippen LogP contribution in [0.25, 0.3) is 0 Å². The summed E-state index contributed by atoms with van der Waals surface area (Å²) in [6, 6.07) is 1.91. The largest absolute Gasteiger partial charge is 0.339 e. The zero-order chi connectivity index (χ0) is 12.3. The van der Waals surface area contributed by atoms with E-state index in [2.05, 4.69) is 4.98 Å². The molecule has 0 radical (unpaired) electrons. The Bertz CT molecular complexity index is 393. The third kappa shape index (κ3) is 2.73. The smallest absolute Gasteiger partial charge is 0.256 e. The van der Waals surface area contributed by atoms with Crippen LogP contribution in [0.15, 0.2) is 12.3 Å². The van der Waals surface area contributed by atoms with Crippen LogP contribution in [0, 0.1) is 6.92 Å². The summed E-state index contributed by atoms with van der Waals surface area (Å²) < 4.78 is 0. The summed E-state index contributed by atoms with van der Waals surface area (Å²) in [6.45, 7) is 5.90. The molecule has 16 heavy (non-hydrogen) atoms. The van der Waals surface area contributed by atoms with Crippen LogP contribution in [-0.2, 0) is 0 Å². The molecule has 0 fully saturated rings. The van der Waals surface area contributed by atoms with E-state index >= 15 is 0 Å². The number of aryl methyl sites for hydroxylation is 1. The predicted molar refractivity (Wildman–Crippen MR) is 65.8 cm³/mol. The molecule has 0 bridgehead atoms. The highest BCUT2D eigenvalue weighted by atomic mass is 35.5. The van der Waals surface area contributed by atoms with Crippen LogP contribution in [0.2, 0.25) is 5.02 Å². The number of carbonyl (C=O) groups excluding carboxylic acids is 1. The standard InChI is InChI=1S/C12H17ClN2O/c1-5-9(3)15(4)12(16)10-7-14-8(2)6-11(10)13/h6-7,9H,5H2,1-4H3. The maximum Gasteiger partial charge on any atom is 0.256 e. The highest BCUT2D eigenvalue weighted by molar-refractivity contribution is 6.33. The first kappa shape index (κ1) is 13.0. The summed E-state index contributed by atoms with van der Waals surface area (Å²) in [5.74, 6) is -0.0770. The van der Waals surface area contributed by atoms with Gasteiger partial charge in [-0.25, -0.2) is 0 Å². The van der Waals surface area contributed by atoms with Gasteiger partial charge in [0.15, 0.2) is 0 Å². The molecule has 1 aromatic rings. The van der Waals surface area contributed by atoms with Gasteiger partial charge in [-0.15, -0.1) is 0 Å². The van der Waals surface area contributed by atoms with Gasteiger partial charge in [-0.2, -0.15) is 0 Å². The number of halogens is 1. The van der Waals surface area contributed by atoms with Gasteiger partial charge in [0.05, 0.1) is 10.6 Å². The molecule has 0 spiro atoms. The number of carbonyl (C=O) groups is 1. The molecule has 1 aromatic heterocycles. The van der Waals surface area contributed by atoms with Crippen molar-refractivity contribution >= 4 is 17.5 Å². The van der Waals surface area contributed by atoms with Crippen molar-refractivity contribution in [3.05, 3.63) is 28.5 Å². The fraction of sp³-hybridized carbons (Fsp3) is 0.500. The number of aromatic nitrogens is 1. The van der Waals surface area contributed by atoms with E-state index in [1.54, 1.807) is 24.2 Å². The molecule has 0 aromatic carbocycles. The number of pyridine rings is 1. The molecule has 0 saturated carbocycles. The average molecular weight is 241 g/mol. The molecule has 0 saturated heterocycles. The predicted octanol–water partition coefficient (Wildman–Crippen LogP) is 2.91. The summed E-state index contributed by atoms with van der Waals surface area (Å²) in [5.41, 5.74) is 1.28. The van der Waals surface area contributed by atoms with Crippen LogP contribution in [0.4, 0.5) is 0 Å². The van der Waals surface area contributed by atoms with E-state index in [9.17, 15) is 4.79 Å². The van der Waals surface area contributed by atoms with Gasteiger partial charge in [0, 0.05) is 25.0 Å². The second-order valence-corrected chi connectivity index (χ2v) is 4.39. The van der Waals surface area contributed by atoms with Gasteiger partial charge in [-0.05, 0) is 26.3 Å². The third-order valence-corrected chi connectivity index (χ3v) is 3.11. The van der Waals surface area contributed by atoms with E-state index in [4.69, 9.17) is 11.6 Å². The Morgan fingerprint density at radius 1 is 1.62 bits per heavy atom. The van der Waals surface area contributed by atoms with Crippen molar-refractivity contribution in [2.45, 2.75) is 33.2 Å². The Morgan fingerprint density at radius 3 is 2.75 bits per heavy atom. The second kappa shape index (κ2) is 5.30. The van der Waals surface area contributed by atoms with Crippen molar-refractivity contribution in [3.63, 3.8) is 0 Å². The van der Waals surface area contributed by atoms with Crippen LogP contribution in [0.1, 0.15) is 36.3 Å². The molecule has 0 N–H and O–H groups in total. The zero-order valence-electron chi connectivity index (χ0n) is 10.1. The normalized spacial score (nSPS) is 12.3. The molecule has 0 aliphatic heterocycles. The molecular formula is C12H17ClN2O. The molecule has 0 aliphatic rings. The van der Waals surface area contributed by atoms with E-state index in [1.807, 2.05) is 20.8 Å². The van der Waals surface area contributed by atoms with Crippen molar-refractivity contribution in [2.75, 3.05) is 7.05 Å². The third-order valence-electron chi connectivity index (χ3n) is 2.79. The van der Waals surface area contributed by atoms with Gasteiger partial charge in [-0.1, -0.05) is 18.5 Å². The van der Waals surface area contributed by atoms with E-state index < -0.39 is 0 Å². The van der Waals surface area contributed by atoms with E-state index in [1.165, 1.54) is 0 Å². The van der Waals surface area contributed by atoms with Crippen LogP contribution in [0.5, 0.6) is 0 Å². The summed E-state index contributed by atoms with van der Waals surface area (Å²) >= 11 is 6.03.